The normalized spacial score (nSPS) is 10.4. The van der Waals surface area contributed by atoms with Gasteiger partial charge in [0.15, 0.2) is 10.7 Å². The lowest BCUT2D eigenvalue weighted by molar-refractivity contribution is 0.299. The third-order valence-corrected chi connectivity index (χ3v) is 4.06. The Kier molecular flexibility index (Phi) is 6.73. The van der Waals surface area contributed by atoms with Gasteiger partial charge in [-0.3, -0.25) is 4.52 Å². The number of nitrogens with zero attached hydrogens (tertiary/aromatic N) is 4. The molecule has 0 atom stereocenters. The highest BCUT2D eigenvalue weighted by Crippen LogP contribution is 2.28. The highest BCUT2D eigenvalue weighted by Gasteiger charge is 2.23. The van der Waals surface area contributed by atoms with E-state index in [1.165, 1.54) is 23.9 Å². The molecule has 0 aliphatic carbocycles. The van der Waals surface area contributed by atoms with Crippen molar-refractivity contribution in [1.82, 2.24) is 20.0 Å². The Hall–Kier alpha value is -2.17. The molecule has 0 aliphatic heterocycles. The Morgan fingerprint density at radius 1 is 1.32 bits per heavy atom. The van der Waals surface area contributed by atoms with Crippen LogP contribution in [0.5, 0.6) is 0 Å². The lowest BCUT2D eigenvalue weighted by atomic mass is 10.3. The molecule has 11 heteroatoms. The first-order chi connectivity index (χ1) is 12.1. The number of hydrogen-bond donors (Lipinski definition) is 1. The topological polar surface area (TPSA) is 113 Å². The van der Waals surface area contributed by atoms with Crippen molar-refractivity contribution >= 4 is 23.4 Å². The average Bonchev–Trinajstić information content (AvgIpc) is 3.23. The van der Waals surface area contributed by atoms with Crippen molar-refractivity contribution in [3.05, 3.63) is 39.6 Å². The van der Waals surface area contributed by atoms with Crippen molar-refractivity contribution in [2.75, 3.05) is 12.3 Å². The van der Waals surface area contributed by atoms with Gasteiger partial charge in [0.2, 0.25) is 5.82 Å². The standard InChI is InChI=1S/C12H9ClFN5O3S.C2H6/c13-7-5-6(1-2-8(7)14)19-10(17-21-12(19)20)9-11(18-22-16-9)23-4-3-15;1-2/h1-2,5H,3-4,15H2;1-2H3. The van der Waals surface area contributed by atoms with E-state index in [1.54, 1.807) is 0 Å². The third-order valence-electron chi connectivity index (χ3n) is 2.79. The number of nitrogens with two attached hydrogens (primary N) is 1. The van der Waals surface area contributed by atoms with E-state index in [4.69, 9.17) is 22.0 Å². The second kappa shape index (κ2) is 8.79. The Morgan fingerprint density at radius 2 is 2.08 bits per heavy atom. The van der Waals surface area contributed by atoms with Gasteiger partial charge in [-0.05, 0) is 28.5 Å². The van der Waals surface area contributed by atoms with Crippen molar-refractivity contribution in [2.45, 2.75) is 18.9 Å². The third kappa shape index (κ3) is 4.09. The van der Waals surface area contributed by atoms with E-state index in [0.717, 1.165) is 10.6 Å². The molecule has 8 nitrogen and oxygen atoms in total. The molecule has 134 valence electrons. The van der Waals surface area contributed by atoms with Crippen LogP contribution in [0.1, 0.15) is 13.8 Å². The van der Waals surface area contributed by atoms with Crippen molar-refractivity contribution < 1.29 is 13.5 Å². The minimum atomic E-state index is -0.777. The number of benzene rings is 1. The molecule has 0 amide bonds. The van der Waals surface area contributed by atoms with Crippen LogP contribution < -0.4 is 11.5 Å². The van der Waals surface area contributed by atoms with Gasteiger partial charge in [-0.2, -0.15) is 0 Å². The monoisotopic (exact) mass is 387 g/mol. The minimum absolute atomic E-state index is 0.0680. The van der Waals surface area contributed by atoms with Crippen molar-refractivity contribution in [2.24, 2.45) is 5.73 Å². The molecule has 2 aromatic heterocycles. The molecule has 0 bridgehead atoms. The van der Waals surface area contributed by atoms with Gasteiger partial charge in [0.25, 0.3) is 0 Å². The van der Waals surface area contributed by atoms with E-state index in [-0.39, 0.29) is 22.2 Å². The van der Waals surface area contributed by atoms with E-state index in [2.05, 4.69) is 20.0 Å². The summed E-state index contributed by atoms with van der Waals surface area (Å²) in [6, 6.07) is 3.77. The molecular weight excluding hydrogens is 373 g/mol. The molecular formula is C14H15ClFN5O3S. The molecule has 3 rings (SSSR count). The van der Waals surface area contributed by atoms with Crippen molar-refractivity contribution in [1.29, 1.82) is 0 Å². The molecule has 0 saturated heterocycles. The van der Waals surface area contributed by atoms with Crippen LogP contribution in [0.25, 0.3) is 17.2 Å². The first kappa shape index (κ1) is 19.2. The summed E-state index contributed by atoms with van der Waals surface area (Å²) in [6.07, 6.45) is 0. The highest BCUT2D eigenvalue weighted by molar-refractivity contribution is 7.99. The number of aromatic nitrogens is 4. The maximum atomic E-state index is 13.3. The van der Waals surface area contributed by atoms with Gasteiger partial charge >= 0.3 is 5.76 Å². The molecule has 25 heavy (non-hydrogen) atoms. The van der Waals surface area contributed by atoms with Crippen LogP contribution in [0.15, 0.2) is 37.2 Å². The Bertz CT molecular complexity index is 895. The lowest BCUT2D eigenvalue weighted by Crippen LogP contribution is -2.13. The zero-order valence-electron chi connectivity index (χ0n) is 13.4. The maximum absolute atomic E-state index is 13.3. The van der Waals surface area contributed by atoms with Gasteiger partial charge in [0, 0.05) is 12.3 Å². The van der Waals surface area contributed by atoms with Crippen LogP contribution in [-0.4, -0.2) is 32.3 Å². The van der Waals surface area contributed by atoms with Gasteiger partial charge in [-0.25, -0.2) is 18.4 Å². The predicted molar refractivity (Wildman–Crippen MR) is 91.5 cm³/mol. The fourth-order valence-electron chi connectivity index (χ4n) is 1.82. The van der Waals surface area contributed by atoms with Crippen LogP contribution in [0.2, 0.25) is 5.02 Å². The van der Waals surface area contributed by atoms with E-state index >= 15 is 0 Å². The maximum Gasteiger partial charge on any atom is 0.446 e. The second-order valence-corrected chi connectivity index (χ2v) is 5.75. The fraction of sp³-hybridized carbons (Fsp3) is 0.286. The zero-order chi connectivity index (χ0) is 18.4. The summed E-state index contributed by atoms with van der Waals surface area (Å²) >= 11 is 7.05. The van der Waals surface area contributed by atoms with E-state index < -0.39 is 11.6 Å². The Balaban J connectivity index is 0.00000109. The first-order valence-corrected chi connectivity index (χ1v) is 8.68. The van der Waals surface area contributed by atoms with Gasteiger partial charge in [0.1, 0.15) is 5.82 Å². The van der Waals surface area contributed by atoms with Crippen LogP contribution in [0.4, 0.5) is 4.39 Å². The summed E-state index contributed by atoms with van der Waals surface area (Å²) in [5, 5.41) is 11.4. The number of thioether (sulfide) groups is 1. The lowest BCUT2D eigenvalue weighted by Gasteiger charge is -2.04. The number of halogens is 2. The number of hydrogen-bond acceptors (Lipinski definition) is 8. The average molecular weight is 388 g/mol. The molecule has 0 saturated carbocycles. The summed E-state index contributed by atoms with van der Waals surface area (Å²) in [7, 11) is 0. The summed E-state index contributed by atoms with van der Waals surface area (Å²) in [5.74, 6) is -0.742. The van der Waals surface area contributed by atoms with Gasteiger partial charge in [-0.1, -0.05) is 42.4 Å². The SMILES string of the molecule is CC.NCCSc1nonc1-c1noc(=O)n1-c1ccc(F)c(Cl)c1. The fourth-order valence-corrected chi connectivity index (χ4v) is 2.66. The van der Waals surface area contributed by atoms with E-state index in [0.29, 0.717) is 17.3 Å². The molecule has 2 N–H and O–H groups in total. The molecule has 2 heterocycles. The van der Waals surface area contributed by atoms with Gasteiger partial charge < -0.3 is 5.73 Å². The molecule has 0 aliphatic rings. The largest absolute Gasteiger partial charge is 0.446 e. The summed E-state index contributed by atoms with van der Waals surface area (Å²) in [4.78, 5) is 11.9. The quantitative estimate of drug-likeness (QED) is 0.665. The van der Waals surface area contributed by atoms with Crippen LogP contribution in [0, 0.1) is 5.82 Å². The van der Waals surface area contributed by atoms with Crippen LogP contribution in [-0.2, 0) is 0 Å². The van der Waals surface area contributed by atoms with Gasteiger partial charge in [0.05, 0.1) is 10.7 Å². The number of rotatable bonds is 5. The Labute approximate surface area is 151 Å². The van der Waals surface area contributed by atoms with Crippen LogP contribution >= 0.6 is 23.4 Å². The first-order valence-electron chi connectivity index (χ1n) is 7.31. The van der Waals surface area contributed by atoms with E-state index in [1.807, 2.05) is 13.8 Å². The minimum Gasteiger partial charge on any atom is -0.330 e. The zero-order valence-corrected chi connectivity index (χ0v) is 15.0. The molecule has 0 spiro atoms. The highest BCUT2D eigenvalue weighted by atomic mass is 35.5. The van der Waals surface area contributed by atoms with Crippen molar-refractivity contribution in [3.63, 3.8) is 0 Å². The van der Waals surface area contributed by atoms with Crippen LogP contribution in [0.3, 0.4) is 0 Å². The molecule has 1 aromatic carbocycles. The molecule has 0 radical (unpaired) electrons. The second-order valence-electron chi connectivity index (χ2n) is 4.26. The Morgan fingerprint density at radius 3 is 2.76 bits per heavy atom. The predicted octanol–water partition coefficient (Wildman–Crippen LogP) is 2.75. The molecule has 0 unspecified atom stereocenters. The molecule has 3 aromatic rings. The summed E-state index contributed by atoms with van der Waals surface area (Å²) < 4.78 is 23.8. The summed E-state index contributed by atoms with van der Waals surface area (Å²) in [5.41, 5.74) is 5.94. The molecule has 0 fully saturated rings. The van der Waals surface area contributed by atoms with Gasteiger partial charge in [-0.15, -0.1) is 0 Å². The summed E-state index contributed by atoms with van der Waals surface area (Å²) in [6.45, 7) is 4.43. The van der Waals surface area contributed by atoms with Crippen molar-refractivity contribution in [3.8, 4) is 17.2 Å². The smallest absolute Gasteiger partial charge is 0.330 e. The van der Waals surface area contributed by atoms with E-state index in [9.17, 15) is 9.18 Å².